The Bertz CT molecular complexity index is 309. The first kappa shape index (κ1) is 10.4. The fraction of sp³-hybridized carbons (Fsp3) is 0.667. The summed E-state index contributed by atoms with van der Waals surface area (Å²) in [5, 5.41) is 11.0. The summed E-state index contributed by atoms with van der Waals surface area (Å²) in [6.45, 7) is 0. The van der Waals surface area contributed by atoms with Crippen LogP contribution in [0.5, 0.6) is 0 Å². The van der Waals surface area contributed by atoms with Gasteiger partial charge in [-0.15, -0.1) is 0 Å². The second-order valence-electron chi connectivity index (χ2n) is 4.42. The second-order valence-corrected chi connectivity index (χ2v) is 4.42. The Morgan fingerprint density at radius 1 is 1.33 bits per heavy atom. The van der Waals surface area contributed by atoms with Gasteiger partial charge in [0.1, 0.15) is 0 Å². The topological polar surface area (TPSA) is 53.0 Å². The molecular weight excluding hydrogens is 188 g/mol. The number of rotatable bonds is 2. The van der Waals surface area contributed by atoms with E-state index in [0.717, 1.165) is 18.5 Å². The van der Waals surface area contributed by atoms with Crippen molar-refractivity contribution in [3.63, 3.8) is 0 Å². The van der Waals surface area contributed by atoms with Crippen molar-refractivity contribution in [2.24, 2.45) is 5.92 Å². The van der Waals surface area contributed by atoms with E-state index in [4.69, 9.17) is 5.41 Å². The molecule has 0 saturated heterocycles. The van der Waals surface area contributed by atoms with Crippen LogP contribution in [0.15, 0.2) is 11.3 Å². The van der Waals surface area contributed by atoms with Crippen molar-refractivity contribution >= 4 is 11.5 Å². The molecule has 0 amide bonds. The van der Waals surface area contributed by atoms with Gasteiger partial charge in [-0.25, -0.2) is 0 Å². The van der Waals surface area contributed by atoms with E-state index < -0.39 is 0 Å². The maximum absolute atomic E-state index is 11.8. The molecule has 2 aliphatic rings. The van der Waals surface area contributed by atoms with E-state index in [1.165, 1.54) is 19.3 Å². The Morgan fingerprint density at radius 2 is 2.07 bits per heavy atom. The largest absolute Gasteiger partial charge is 0.391 e. The second kappa shape index (κ2) is 4.17. The fourth-order valence-corrected chi connectivity index (χ4v) is 2.39. The molecule has 0 aromatic heterocycles. The van der Waals surface area contributed by atoms with Crippen LogP contribution in [0.3, 0.4) is 0 Å². The molecule has 2 N–H and O–H groups in total. The third-order valence-electron chi connectivity index (χ3n) is 3.46. The lowest BCUT2D eigenvalue weighted by Gasteiger charge is -2.31. The van der Waals surface area contributed by atoms with E-state index in [1.807, 2.05) is 7.05 Å². The van der Waals surface area contributed by atoms with Gasteiger partial charge >= 0.3 is 0 Å². The standard InChI is InChI=1S/C12H18N2O/c1-14-12(8-4-2-5-8)11-9(13)6-3-7-10(11)15/h8,13-14H,2-7H2,1H3/b12-11+,13-9?. The molecule has 0 aromatic rings. The Balaban J connectivity index is 2.31. The molecule has 3 nitrogen and oxygen atoms in total. The van der Waals surface area contributed by atoms with E-state index >= 15 is 0 Å². The predicted octanol–water partition coefficient (Wildman–Crippen LogP) is 2.03. The molecule has 2 fully saturated rings. The molecule has 15 heavy (non-hydrogen) atoms. The average Bonchev–Trinajstić information content (AvgIpc) is 2.12. The first-order valence-electron chi connectivity index (χ1n) is 5.77. The summed E-state index contributed by atoms with van der Waals surface area (Å²) < 4.78 is 0. The lowest BCUT2D eigenvalue weighted by molar-refractivity contribution is -0.115. The van der Waals surface area contributed by atoms with Crippen molar-refractivity contribution in [1.82, 2.24) is 5.32 Å². The monoisotopic (exact) mass is 206 g/mol. The summed E-state index contributed by atoms with van der Waals surface area (Å²) >= 11 is 0. The van der Waals surface area contributed by atoms with Crippen LogP contribution in [-0.4, -0.2) is 18.5 Å². The minimum atomic E-state index is 0.169. The number of allylic oxidation sites excluding steroid dienone is 2. The lowest BCUT2D eigenvalue weighted by Crippen LogP contribution is -2.30. The normalized spacial score (nSPS) is 26.2. The quantitative estimate of drug-likeness (QED) is 0.679. The molecule has 0 aromatic carbocycles. The number of carbonyl (C=O) groups is 1. The van der Waals surface area contributed by atoms with Gasteiger partial charge in [0.2, 0.25) is 0 Å². The number of ketones is 1. The van der Waals surface area contributed by atoms with Gasteiger partial charge in [-0.05, 0) is 31.6 Å². The van der Waals surface area contributed by atoms with Gasteiger partial charge in [0.15, 0.2) is 5.78 Å². The molecule has 82 valence electrons. The molecule has 0 bridgehead atoms. The summed E-state index contributed by atoms with van der Waals surface area (Å²) in [4.78, 5) is 11.8. The number of hydrogen-bond acceptors (Lipinski definition) is 3. The summed E-state index contributed by atoms with van der Waals surface area (Å²) in [7, 11) is 1.87. The van der Waals surface area contributed by atoms with E-state index in [9.17, 15) is 4.79 Å². The SMILES string of the molecule is CN/C(=C1\C(=N)CCCC1=O)C1CCC1. The van der Waals surface area contributed by atoms with Crippen molar-refractivity contribution in [2.75, 3.05) is 7.05 Å². The van der Waals surface area contributed by atoms with Crippen LogP contribution in [0.25, 0.3) is 0 Å². The third kappa shape index (κ3) is 1.83. The van der Waals surface area contributed by atoms with Crippen LogP contribution in [0, 0.1) is 11.3 Å². The molecule has 0 unspecified atom stereocenters. The van der Waals surface area contributed by atoms with Crippen LogP contribution in [-0.2, 0) is 4.79 Å². The van der Waals surface area contributed by atoms with Crippen molar-refractivity contribution in [3.8, 4) is 0 Å². The molecule has 2 saturated carbocycles. The maximum Gasteiger partial charge on any atom is 0.166 e. The lowest BCUT2D eigenvalue weighted by atomic mass is 9.78. The molecule has 3 heteroatoms. The Kier molecular flexibility index (Phi) is 2.89. The Hall–Kier alpha value is -1.12. The van der Waals surface area contributed by atoms with Gasteiger partial charge in [0.25, 0.3) is 0 Å². The highest BCUT2D eigenvalue weighted by Gasteiger charge is 2.30. The molecule has 2 aliphatic carbocycles. The van der Waals surface area contributed by atoms with Crippen LogP contribution in [0.2, 0.25) is 0 Å². The van der Waals surface area contributed by atoms with Gasteiger partial charge in [-0.3, -0.25) is 4.79 Å². The number of nitrogens with one attached hydrogen (secondary N) is 2. The molecule has 0 atom stereocenters. The molecule has 0 spiro atoms. The smallest absolute Gasteiger partial charge is 0.166 e. The first-order valence-corrected chi connectivity index (χ1v) is 5.77. The van der Waals surface area contributed by atoms with Crippen molar-refractivity contribution in [2.45, 2.75) is 38.5 Å². The molecule has 0 heterocycles. The van der Waals surface area contributed by atoms with E-state index in [2.05, 4.69) is 5.32 Å². The minimum absolute atomic E-state index is 0.169. The van der Waals surface area contributed by atoms with Crippen LogP contribution in [0.1, 0.15) is 38.5 Å². The molecular formula is C12H18N2O. The van der Waals surface area contributed by atoms with Gasteiger partial charge < -0.3 is 10.7 Å². The zero-order chi connectivity index (χ0) is 10.8. The van der Waals surface area contributed by atoms with Crippen molar-refractivity contribution < 1.29 is 4.79 Å². The first-order chi connectivity index (χ1) is 7.24. The summed E-state index contributed by atoms with van der Waals surface area (Å²) in [5.41, 5.74) is 2.28. The maximum atomic E-state index is 11.8. The number of carbonyl (C=O) groups excluding carboxylic acids is 1. The Labute approximate surface area is 90.4 Å². The summed E-state index contributed by atoms with van der Waals surface area (Å²) in [6, 6.07) is 0. The number of Topliss-reactive ketones (excluding diaryl/α,β-unsaturated/α-hetero) is 1. The van der Waals surface area contributed by atoms with E-state index in [-0.39, 0.29) is 5.78 Å². The third-order valence-corrected chi connectivity index (χ3v) is 3.46. The van der Waals surface area contributed by atoms with Crippen LogP contribution in [0.4, 0.5) is 0 Å². The van der Waals surface area contributed by atoms with Gasteiger partial charge in [0.05, 0.1) is 5.57 Å². The van der Waals surface area contributed by atoms with Crippen molar-refractivity contribution in [3.05, 3.63) is 11.3 Å². The minimum Gasteiger partial charge on any atom is -0.391 e. The van der Waals surface area contributed by atoms with E-state index in [1.54, 1.807) is 0 Å². The zero-order valence-electron chi connectivity index (χ0n) is 9.23. The van der Waals surface area contributed by atoms with E-state index in [0.29, 0.717) is 23.6 Å². The van der Waals surface area contributed by atoms with Crippen LogP contribution < -0.4 is 5.32 Å². The summed E-state index contributed by atoms with van der Waals surface area (Å²) in [5.74, 6) is 0.676. The van der Waals surface area contributed by atoms with Crippen molar-refractivity contribution in [1.29, 1.82) is 5.41 Å². The highest BCUT2D eigenvalue weighted by molar-refractivity contribution is 6.23. The van der Waals surface area contributed by atoms with Gasteiger partial charge in [0, 0.05) is 24.9 Å². The summed E-state index contributed by atoms with van der Waals surface area (Å²) in [6.07, 6.45) is 5.82. The van der Waals surface area contributed by atoms with Gasteiger partial charge in [-0.1, -0.05) is 6.42 Å². The molecule has 0 aliphatic heterocycles. The zero-order valence-corrected chi connectivity index (χ0v) is 9.23. The molecule has 0 radical (unpaired) electrons. The fourth-order valence-electron chi connectivity index (χ4n) is 2.39. The van der Waals surface area contributed by atoms with Gasteiger partial charge in [-0.2, -0.15) is 0 Å². The van der Waals surface area contributed by atoms with Crippen LogP contribution >= 0.6 is 0 Å². The average molecular weight is 206 g/mol. The highest BCUT2D eigenvalue weighted by atomic mass is 16.1. The number of hydrogen-bond donors (Lipinski definition) is 2. The highest BCUT2D eigenvalue weighted by Crippen LogP contribution is 2.35. The predicted molar refractivity (Wildman–Crippen MR) is 60.0 cm³/mol. The molecule has 2 rings (SSSR count). The Morgan fingerprint density at radius 3 is 2.53 bits per heavy atom.